The molecule has 1 heterocycles. The predicted molar refractivity (Wildman–Crippen MR) is 54.1 cm³/mol. The zero-order chi connectivity index (χ0) is 6.53. The van der Waals surface area contributed by atoms with Crippen LogP contribution in [0.4, 0.5) is 0 Å². The lowest BCUT2D eigenvalue weighted by Gasteiger charge is -2.19. The van der Waals surface area contributed by atoms with Crippen LogP contribution in [0.3, 0.4) is 0 Å². The average Bonchev–Trinajstić information content (AvgIpc) is 1.79. The minimum Gasteiger partial charge on any atom is -0.317 e. The first-order chi connectivity index (χ1) is 4.39. The zero-order valence-corrected chi connectivity index (χ0v) is 8.64. The third-order valence-electron chi connectivity index (χ3n) is 1.79. The molecule has 0 saturated carbocycles. The van der Waals surface area contributed by atoms with Crippen LogP contribution < -0.4 is 5.32 Å². The van der Waals surface area contributed by atoms with Crippen LogP contribution in [-0.2, 0) is 0 Å². The molecule has 0 aliphatic carbocycles. The van der Waals surface area contributed by atoms with E-state index < -0.39 is 0 Å². The number of nitrogens with zero attached hydrogens (tertiary/aromatic N) is 1. The minimum absolute atomic E-state index is 0. The van der Waals surface area contributed by atoms with E-state index in [1.807, 2.05) is 0 Å². The molecule has 1 aliphatic rings. The fourth-order valence-electron chi connectivity index (χ4n) is 1.18. The highest BCUT2D eigenvalue weighted by atomic mass is 35.5. The third kappa shape index (κ3) is 6.88. The molecule has 1 saturated heterocycles. The molecule has 2 nitrogen and oxygen atoms in total. The van der Waals surface area contributed by atoms with E-state index in [0.717, 1.165) is 0 Å². The van der Waals surface area contributed by atoms with Crippen LogP contribution in [0.2, 0.25) is 0 Å². The summed E-state index contributed by atoms with van der Waals surface area (Å²) in [6.07, 6.45) is 2.60. The van der Waals surface area contributed by atoms with Gasteiger partial charge in [-0.25, -0.2) is 0 Å². The first-order valence-corrected chi connectivity index (χ1v) is 3.79. The predicted octanol–water partition coefficient (Wildman–Crippen LogP) is 1.15. The van der Waals surface area contributed by atoms with Gasteiger partial charge < -0.3 is 10.2 Å². The molecule has 0 aromatic carbocycles. The van der Waals surface area contributed by atoms with Crippen molar-refractivity contribution in [2.45, 2.75) is 12.8 Å². The van der Waals surface area contributed by atoms with Gasteiger partial charge in [0.05, 0.1) is 0 Å². The summed E-state index contributed by atoms with van der Waals surface area (Å²) >= 11 is 0. The molecule has 0 spiro atoms. The van der Waals surface area contributed by atoms with E-state index in [9.17, 15) is 0 Å². The molecule has 11 heavy (non-hydrogen) atoms. The van der Waals surface area contributed by atoms with E-state index in [-0.39, 0.29) is 24.8 Å². The van der Waals surface area contributed by atoms with Crippen molar-refractivity contribution in [3.05, 3.63) is 0 Å². The van der Waals surface area contributed by atoms with Gasteiger partial charge in [0.2, 0.25) is 0 Å². The maximum Gasteiger partial charge on any atom is -0.000968 e. The molecule has 1 aliphatic heterocycles. The van der Waals surface area contributed by atoms with E-state index in [0.29, 0.717) is 0 Å². The van der Waals surface area contributed by atoms with Gasteiger partial charge in [-0.05, 0) is 46.1 Å². The van der Waals surface area contributed by atoms with E-state index in [2.05, 4.69) is 17.3 Å². The van der Waals surface area contributed by atoms with Crippen molar-refractivity contribution in [3.63, 3.8) is 0 Å². The average molecular weight is 201 g/mol. The molecule has 1 rings (SSSR count). The second-order valence-electron chi connectivity index (χ2n) is 2.76. The second kappa shape index (κ2) is 8.60. The van der Waals surface area contributed by atoms with Crippen molar-refractivity contribution in [1.29, 1.82) is 0 Å². The Morgan fingerprint density at radius 3 is 1.91 bits per heavy atom. The molecule has 0 amide bonds. The Morgan fingerprint density at radius 1 is 1.00 bits per heavy atom. The monoisotopic (exact) mass is 200 g/mol. The van der Waals surface area contributed by atoms with Gasteiger partial charge >= 0.3 is 0 Å². The Kier molecular flexibility index (Phi) is 11.0. The Bertz CT molecular complexity index is 72.8. The molecule has 1 fully saturated rings. The molecule has 4 heteroatoms. The van der Waals surface area contributed by atoms with Gasteiger partial charge in [-0.3, -0.25) is 0 Å². The quantitative estimate of drug-likeness (QED) is 0.632. The Morgan fingerprint density at radius 2 is 1.45 bits per heavy atom. The van der Waals surface area contributed by atoms with Gasteiger partial charge in [0.15, 0.2) is 0 Å². The van der Waals surface area contributed by atoms with Crippen LogP contribution in [-0.4, -0.2) is 38.1 Å². The lowest BCUT2D eigenvalue weighted by molar-refractivity contribution is 0.304. The Balaban J connectivity index is 0. The zero-order valence-electron chi connectivity index (χ0n) is 7.01. The minimum atomic E-state index is 0. The largest absolute Gasteiger partial charge is 0.317 e. The highest BCUT2D eigenvalue weighted by molar-refractivity contribution is 5.85. The van der Waals surface area contributed by atoms with Crippen LogP contribution in [0.15, 0.2) is 0 Å². The van der Waals surface area contributed by atoms with Gasteiger partial charge in [0.1, 0.15) is 0 Å². The summed E-state index contributed by atoms with van der Waals surface area (Å²) < 4.78 is 0. The van der Waals surface area contributed by atoms with Gasteiger partial charge in [-0.15, -0.1) is 24.8 Å². The summed E-state index contributed by atoms with van der Waals surface area (Å²) in [7, 11) is 2.20. The highest BCUT2D eigenvalue weighted by Gasteiger charge is 2.00. The van der Waals surface area contributed by atoms with Crippen LogP contribution in [0.5, 0.6) is 0 Å². The van der Waals surface area contributed by atoms with Gasteiger partial charge in [-0.2, -0.15) is 0 Å². The summed E-state index contributed by atoms with van der Waals surface area (Å²) in [6.45, 7) is 4.91. The van der Waals surface area contributed by atoms with E-state index in [1.54, 1.807) is 0 Å². The number of hydrogen-bond acceptors (Lipinski definition) is 2. The van der Waals surface area contributed by atoms with Crippen molar-refractivity contribution in [2.24, 2.45) is 0 Å². The fourth-order valence-corrected chi connectivity index (χ4v) is 1.18. The molecular weight excluding hydrogens is 183 g/mol. The molecule has 0 atom stereocenters. The normalized spacial score (nSPS) is 20.5. The second-order valence-corrected chi connectivity index (χ2v) is 2.76. The fraction of sp³-hybridized carbons (Fsp3) is 1.00. The van der Waals surface area contributed by atoms with Crippen molar-refractivity contribution in [3.8, 4) is 0 Å². The number of hydrogen-bond donors (Lipinski definition) is 1. The van der Waals surface area contributed by atoms with Gasteiger partial charge in [0, 0.05) is 0 Å². The van der Waals surface area contributed by atoms with Gasteiger partial charge in [0.25, 0.3) is 0 Å². The van der Waals surface area contributed by atoms with Crippen molar-refractivity contribution in [2.75, 3.05) is 33.2 Å². The smallest absolute Gasteiger partial charge is 0.000968 e. The van der Waals surface area contributed by atoms with Crippen LogP contribution in [0, 0.1) is 0 Å². The molecule has 0 unspecified atom stereocenters. The maximum atomic E-state index is 3.38. The summed E-state index contributed by atoms with van der Waals surface area (Å²) in [5.74, 6) is 0. The van der Waals surface area contributed by atoms with E-state index in [1.165, 1.54) is 39.0 Å². The van der Waals surface area contributed by atoms with Crippen molar-refractivity contribution in [1.82, 2.24) is 10.2 Å². The summed E-state index contributed by atoms with van der Waals surface area (Å²) in [5, 5.41) is 3.38. The third-order valence-corrected chi connectivity index (χ3v) is 1.79. The first-order valence-electron chi connectivity index (χ1n) is 3.79. The van der Waals surface area contributed by atoms with Gasteiger partial charge in [-0.1, -0.05) is 0 Å². The standard InChI is InChI=1S/C7H16N2.2ClH/c1-9-6-2-4-8-5-3-7-9;;/h8H,2-7H2,1H3;2*1H. The number of halogens is 2. The molecule has 0 radical (unpaired) electrons. The molecule has 1 N–H and O–H groups in total. The van der Waals surface area contributed by atoms with Crippen molar-refractivity contribution >= 4 is 24.8 Å². The lowest BCUT2D eigenvalue weighted by Crippen LogP contribution is -2.31. The number of rotatable bonds is 0. The molecule has 0 bridgehead atoms. The van der Waals surface area contributed by atoms with E-state index in [4.69, 9.17) is 0 Å². The number of nitrogens with one attached hydrogen (secondary N) is 1. The van der Waals surface area contributed by atoms with Crippen molar-refractivity contribution < 1.29 is 0 Å². The SMILES string of the molecule is CN1CCCNCCC1.Cl.Cl. The maximum absolute atomic E-state index is 3.38. The lowest BCUT2D eigenvalue weighted by atomic mass is 10.3. The molecule has 0 aromatic heterocycles. The summed E-state index contributed by atoms with van der Waals surface area (Å²) in [5.41, 5.74) is 0. The van der Waals surface area contributed by atoms with Crippen LogP contribution >= 0.6 is 24.8 Å². The summed E-state index contributed by atoms with van der Waals surface area (Å²) in [4.78, 5) is 2.40. The molecule has 70 valence electrons. The highest BCUT2D eigenvalue weighted by Crippen LogP contribution is 1.92. The first kappa shape index (κ1) is 14.0. The summed E-state index contributed by atoms with van der Waals surface area (Å²) in [6, 6.07) is 0. The molecular formula is C7H18Cl2N2. The Hall–Kier alpha value is 0.500. The van der Waals surface area contributed by atoms with Crippen LogP contribution in [0.25, 0.3) is 0 Å². The Labute approximate surface area is 81.5 Å². The topological polar surface area (TPSA) is 15.3 Å². The van der Waals surface area contributed by atoms with E-state index >= 15 is 0 Å². The van der Waals surface area contributed by atoms with Crippen LogP contribution in [0.1, 0.15) is 12.8 Å². The molecule has 0 aromatic rings.